The van der Waals surface area contributed by atoms with Gasteiger partial charge in [0.1, 0.15) is 17.4 Å². The Morgan fingerprint density at radius 1 is 1.22 bits per heavy atom. The second-order valence-corrected chi connectivity index (χ2v) is 5.85. The number of hydrogen-bond acceptors (Lipinski definition) is 4. The maximum absolute atomic E-state index is 13.5. The number of amides is 1. The molecule has 0 aromatic heterocycles. The Bertz CT molecular complexity index is 795. The summed E-state index contributed by atoms with van der Waals surface area (Å²) >= 11 is 0.987. The molecule has 1 N–H and O–H groups in total. The van der Waals surface area contributed by atoms with Crippen LogP contribution in [0.4, 0.5) is 14.5 Å². The number of nitrogens with one attached hydrogen (secondary N) is 1. The Hall–Kier alpha value is -2.41. The van der Waals surface area contributed by atoms with E-state index in [4.69, 9.17) is 4.74 Å². The summed E-state index contributed by atoms with van der Waals surface area (Å²) in [7, 11) is 0. The first-order valence-electron chi connectivity index (χ1n) is 6.70. The zero-order chi connectivity index (χ0) is 16.4. The molecule has 23 heavy (non-hydrogen) atoms. The van der Waals surface area contributed by atoms with Crippen molar-refractivity contribution >= 4 is 29.1 Å². The topological polar surface area (TPSA) is 55.4 Å². The maximum atomic E-state index is 13.5. The zero-order valence-electron chi connectivity index (χ0n) is 11.8. The monoisotopic (exact) mass is 335 g/mol. The highest BCUT2D eigenvalue weighted by molar-refractivity contribution is 8.00. The molecule has 0 aliphatic carbocycles. The normalized spacial score (nSPS) is 13.0. The summed E-state index contributed by atoms with van der Waals surface area (Å²) in [6, 6.07) is 7.92. The number of anilines is 1. The fourth-order valence-electron chi connectivity index (χ4n) is 2.08. The number of carbonyl (C=O) groups is 2. The van der Waals surface area contributed by atoms with Gasteiger partial charge in [0, 0.05) is 16.5 Å². The van der Waals surface area contributed by atoms with Gasteiger partial charge in [0.05, 0.1) is 11.4 Å². The van der Waals surface area contributed by atoms with E-state index in [0.29, 0.717) is 17.0 Å². The number of carbonyl (C=O) groups excluding carboxylic acids is 2. The standard InChI is InChI=1S/C16H11F2NO3S/c17-10-2-4-15(11(18)6-10)23-8-13(20)9-1-3-14-12(5-9)19-16(21)7-22-14/h1-6H,7-8H2,(H,19,21). The van der Waals surface area contributed by atoms with E-state index in [1.54, 1.807) is 12.1 Å². The number of fused-ring (bicyclic) bond motifs is 1. The zero-order valence-corrected chi connectivity index (χ0v) is 12.6. The molecule has 0 radical (unpaired) electrons. The third-order valence-corrected chi connectivity index (χ3v) is 4.24. The molecule has 0 unspecified atom stereocenters. The summed E-state index contributed by atoms with van der Waals surface area (Å²) in [5.41, 5.74) is 0.814. The van der Waals surface area contributed by atoms with Crippen LogP contribution >= 0.6 is 11.8 Å². The van der Waals surface area contributed by atoms with Crippen LogP contribution in [0, 0.1) is 11.6 Å². The van der Waals surface area contributed by atoms with Crippen LogP contribution in [0.2, 0.25) is 0 Å². The van der Waals surface area contributed by atoms with Gasteiger partial charge >= 0.3 is 0 Å². The number of ether oxygens (including phenoxy) is 1. The molecule has 118 valence electrons. The summed E-state index contributed by atoms with van der Waals surface area (Å²) < 4.78 is 31.6. The van der Waals surface area contributed by atoms with Crippen molar-refractivity contribution in [2.45, 2.75) is 4.90 Å². The van der Waals surface area contributed by atoms with Crippen LogP contribution in [-0.2, 0) is 4.79 Å². The molecule has 1 aliphatic rings. The second-order valence-electron chi connectivity index (χ2n) is 4.83. The van der Waals surface area contributed by atoms with Crippen LogP contribution in [0.15, 0.2) is 41.3 Å². The van der Waals surface area contributed by atoms with Gasteiger partial charge in [0.25, 0.3) is 5.91 Å². The van der Waals surface area contributed by atoms with Gasteiger partial charge in [-0.05, 0) is 30.3 Å². The highest BCUT2D eigenvalue weighted by Crippen LogP contribution is 2.29. The summed E-state index contributed by atoms with van der Waals surface area (Å²) in [6.07, 6.45) is 0. The molecule has 0 spiro atoms. The molecule has 0 saturated carbocycles. The fraction of sp³-hybridized carbons (Fsp3) is 0.125. The van der Waals surface area contributed by atoms with E-state index < -0.39 is 11.6 Å². The minimum Gasteiger partial charge on any atom is -0.482 e. The Balaban J connectivity index is 1.71. The van der Waals surface area contributed by atoms with Crippen molar-refractivity contribution < 1.29 is 23.1 Å². The lowest BCUT2D eigenvalue weighted by atomic mass is 10.1. The molecular formula is C16H11F2NO3S. The molecule has 0 atom stereocenters. The van der Waals surface area contributed by atoms with E-state index in [2.05, 4.69) is 5.32 Å². The molecule has 0 fully saturated rings. The molecule has 2 aromatic rings. The van der Waals surface area contributed by atoms with Crippen molar-refractivity contribution in [2.24, 2.45) is 0 Å². The van der Waals surface area contributed by atoms with Crippen LogP contribution in [-0.4, -0.2) is 24.1 Å². The lowest BCUT2D eigenvalue weighted by Gasteiger charge is -2.18. The smallest absolute Gasteiger partial charge is 0.262 e. The van der Waals surface area contributed by atoms with Crippen molar-refractivity contribution in [2.75, 3.05) is 17.7 Å². The van der Waals surface area contributed by atoms with Gasteiger partial charge in [0.15, 0.2) is 12.4 Å². The summed E-state index contributed by atoms with van der Waals surface area (Å²) in [5, 5.41) is 2.62. The van der Waals surface area contributed by atoms with E-state index in [9.17, 15) is 18.4 Å². The van der Waals surface area contributed by atoms with Crippen molar-refractivity contribution in [3.63, 3.8) is 0 Å². The predicted octanol–water partition coefficient (Wildman–Crippen LogP) is 3.27. The fourth-order valence-corrected chi connectivity index (χ4v) is 2.89. The molecule has 2 aromatic carbocycles. The lowest BCUT2D eigenvalue weighted by molar-refractivity contribution is -0.118. The summed E-state index contributed by atoms with van der Waals surface area (Å²) in [6.45, 7) is -0.0556. The molecule has 3 rings (SSSR count). The Morgan fingerprint density at radius 2 is 2.04 bits per heavy atom. The summed E-state index contributed by atoms with van der Waals surface area (Å²) in [4.78, 5) is 23.7. The number of ketones is 1. The average molecular weight is 335 g/mol. The van der Waals surface area contributed by atoms with E-state index in [1.165, 1.54) is 12.1 Å². The number of halogens is 2. The van der Waals surface area contributed by atoms with Crippen LogP contribution in [0.5, 0.6) is 5.75 Å². The van der Waals surface area contributed by atoms with Crippen molar-refractivity contribution in [3.05, 3.63) is 53.6 Å². The number of rotatable bonds is 4. The maximum Gasteiger partial charge on any atom is 0.262 e. The predicted molar refractivity (Wildman–Crippen MR) is 82.0 cm³/mol. The SMILES string of the molecule is O=C1COc2ccc(C(=O)CSc3ccc(F)cc3F)cc2N1. The van der Waals surface area contributed by atoms with Crippen molar-refractivity contribution in [1.82, 2.24) is 0 Å². The highest BCUT2D eigenvalue weighted by Gasteiger charge is 2.18. The molecule has 4 nitrogen and oxygen atoms in total. The van der Waals surface area contributed by atoms with Gasteiger partial charge in [-0.2, -0.15) is 0 Å². The van der Waals surface area contributed by atoms with E-state index in [1.807, 2.05) is 0 Å². The van der Waals surface area contributed by atoms with E-state index >= 15 is 0 Å². The van der Waals surface area contributed by atoms with Crippen LogP contribution in [0.25, 0.3) is 0 Å². The Kier molecular flexibility index (Phi) is 4.29. The number of hydrogen-bond donors (Lipinski definition) is 1. The summed E-state index contributed by atoms with van der Waals surface area (Å²) in [5.74, 6) is -1.39. The third-order valence-electron chi connectivity index (χ3n) is 3.19. The molecule has 7 heteroatoms. The molecule has 1 heterocycles. The minimum absolute atomic E-state index is 0.00383. The number of thioether (sulfide) groups is 1. The first-order chi connectivity index (χ1) is 11.0. The van der Waals surface area contributed by atoms with Gasteiger partial charge in [-0.25, -0.2) is 8.78 Å². The number of Topliss-reactive ketones (excluding diaryl/α,β-unsaturated/α-hetero) is 1. The quantitative estimate of drug-likeness (QED) is 0.688. The molecule has 1 amide bonds. The lowest BCUT2D eigenvalue weighted by Crippen LogP contribution is -2.25. The van der Waals surface area contributed by atoms with Crippen LogP contribution in [0.3, 0.4) is 0 Å². The Labute approximate surface area is 134 Å². The van der Waals surface area contributed by atoms with Crippen molar-refractivity contribution in [3.8, 4) is 5.75 Å². The molecule has 0 saturated heterocycles. The molecule has 0 bridgehead atoms. The van der Waals surface area contributed by atoms with Gasteiger partial charge in [0.2, 0.25) is 0 Å². The van der Waals surface area contributed by atoms with Gasteiger partial charge in [-0.15, -0.1) is 11.8 Å². The van der Waals surface area contributed by atoms with E-state index in [-0.39, 0.29) is 28.9 Å². The second kappa shape index (κ2) is 6.37. The first kappa shape index (κ1) is 15.5. The van der Waals surface area contributed by atoms with Gasteiger partial charge < -0.3 is 10.1 Å². The van der Waals surface area contributed by atoms with Crippen LogP contribution < -0.4 is 10.1 Å². The van der Waals surface area contributed by atoms with Crippen molar-refractivity contribution in [1.29, 1.82) is 0 Å². The Morgan fingerprint density at radius 3 is 2.83 bits per heavy atom. The average Bonchev–Trinajstić information content (AvgIpc) is 2.53. The third kappa shape index (κ3) is 3.50. The number of benzene rings is 2. The minimum atomic E-state index is -0.700. The van der Waals surface area contributed by atoms with Gasteiger partial charge in [-0.3, -0.25) is 9.59 Å². The van der Waals surface area contributed by atoms with E-state index in [0.717, 1.165) is 23.9 Å². The molecule has 1 aliphatic heterocycles. The molecular weight excluding hydrogens is 324 g/mol. The first-order valence-corrected chi connectivity index (χ1v) is 7.69. The van der Waals surface area contributed by atoms with Crippen LogP contribution in [0.1, 0.15) is 10.4 Å². The van der Waals surface area contributed by atoms with Gasteiger partial charge in [-0.1, -0.05) is 0 Å². The largest absolute Gasteiger partial charge is 0.482 e. The highest BCUT2D eigenvalue weighted by atomic mass is 32.2.